The predicted octanol–water partition coefficient (Wildman–Crippen LogP) is 2.72. The summed E-state index contributed by atoms with van der Waals surface area (Å²) in [5, 5.41) is 13.9. The van der Waals surface area contributed by atoms with Gasteiger partial charge in [-0.3, -0.25) is 10.1 Å². The van der Waals surface area contributed by atoms with Crippen molar-refractivity contribution in [2.75, 3.05) is 11.9 Å². The molecule has 1 aromatic heterocycles. The van der Waals surface area contributed by atoms with E-state index in [0.29, 0.717) is 12.4 Å². The minimum atomic E-state index is -0.520. The molecule has 1 saturated carbocycles. The lowest BCUT2D eigenvalue weighted by molar-refractivity contribution is -0.385. The highest BCUT2D eigenvalue weighted by Crippen LogP contribution is 2.28. The standard InChI is InChI=1S/C12H17ClN4O2/c13-10-6-9(17(18)19)7-15-11(10)16-8-12(14)4-2-1-3-5-12/h6-7H,1-5,8,14H2,(H,15,16). The first-order valence-electron chi connectivity index (χ1n) is 6.33. The van der Waals surface area contributed by atoms with Crippen LogP contribution in [0.15, 0.2) is 12.3 Å². The van der Waals surface area contributed by atoms with Crippen molar-refractivity contribution in [3.8, 4) is 0 Å². The van der Waals surface area contributed by atoms with E-state index in [1.165, 1.54) is 18.7 Å². The minimum absolute atomic E-state index is 0.115. The van der Waals surface area contributed by atoms with Crippen molar-refractivity contribution in [3.63, 3.8) is 0 Å². The number of rotatable bonds is 4. The molecule has 0 saturated heterocycles. The quantitative estimate of drug-likeness (QED) is 0.655. The lowest BCUT2D eigenvalue weighted by Gasteiger charge is -2.33. The topological polar surface area (TPSA) is 94.1 Å². The molecule has 0 unspecified atom stereocenters. The Bertz CT molecular complexity index is 475. The van der Waals surface area contributed by atoms with Gasteiger partial charge in [-0.25, -0.2) is 4.98 Å². The average Bonchev–Trinajstić information content (AvgIpc) is 2.38. The third-order valence-corrected chi connectivity index (χ3v) is 3.78. The Morgan fingerprint density at radius 2 is 2.16 bits per heavy atom. The van der Waals surface area contributed by atoms with Crippen LogP contribution in [0.1, 0.15) is 32.1 Å². The SMILES string of the molecule is NC1(CNc2ncc([N+](=O)[O-])cc2Cl)CCCCC1. The molecule has 1 aliphatic carbocycles. The molecule has 6 nitrogen and oxygen atoms in total. The molecule has 0 bridgehead atoms. The first-order valence-corrected chi connectivity index (χ1v) is 6.71. The zero-order valence-corrected chi connectivity index (χ0v) is 11.3. The molecule has 7 heteroatoms. The third-order valence-electron chi connectivity index (χ3n) is 3.49. The summed E-state index contributed by atoms with van der Waals surface area (Å²) >= 11 is 5.97. The Labute approximate surface area is 116 Å². The van der Waals surface area contributed by atoms with Gasteiger partial charge in [0, 0.05) is 18.2 Å². The van der Waals surface area contributed by atoms with Crippen LogP contribution in [0.25, 0.3) is 0 Å². The molecule has 0 atom stereocenters. The van der Waals surface area contributed by atoms with Crippen molar-refractivity contribution in [1.82, 2.24) is 4.98 Å². The van der Waals surface area contributed by atoms with Crippen molar-refractivity contribution in [2.45, 2.75) is 37.6 Å². The molecule has 0 radical (unpaired) electrons. The zero-order valence-electron chi connectivity index (χ0n) is 10.6. The Hall–Kier alpha value is -1.40. The summed E-state index contributed by atoms with van der Waals surface area (Å²) in [6.45, 7) is 0.581. The van der Waals surface area contributed by atoms with Crippen LogP contribution in [0, 0.1) is 10.1 Å². The molecule has 104 valence electrons. The zero-order chi connectivity index (χ0) is 13.9. The maximum atomic E-state index is 10.6. The summed E-state index contributed by atoms with van der Waals surface area (Å²) < 4.78 is 0. The highest BCUT2D eigenvalue weighted by Gasteiger charge is 2.27. The fourth-order valence-corrected chi connectivity index (χ4v) is 2.58. The molecule has 2 rings (SSSR count). The average molecular weight is 285 g/mol. The fourth-order valence-electron chi connectivity index (χ4n) is 2.35. The maximum Gasteiger partial charge on any atom is 0.289 e. The van der Waals surface area contributed by atoms with Crippen molar-refractivity contribution in [3.05, 3.63) is 27.4 Å². The van der Waals surface area contributed by atoms with Gasteiger partial charge in [-0.1, -0.05) is 30.9 Å². The number of hydrogen-bond donors (Lipinski definition) is 2. The summed E-state index contributed by atoms with van der Waals surface area (Å²) in [4.78, 5) is 14.0. The molecule has 1 aromatic rings. The first kappa shape index (κ1) is 14.0. The maximum absolute atomic E-state index is 10.6. The van der Waals surface area contributed by atoms with Gasteiger partial charge in [0.25, 0.3) is 5.69 Å². The van der Waals surface area contributed by atoms with Gasteiger partial charge in [0.1, 0.15) is 12.0 Å². The van der Waals surface area contributed by atoms with Crippen molar-refractivity contribution < 1.29 is 4.92 Å². The Morgan fingerprint density at radius 1 is 1.47 bits per heavy atom. The normalized spacial score (nSPS) is 18.0. The minimum Gasteiger partial charge on any atom is -0.367 e. The highest BCUT2D eigenvalue weighted by molar-refractivity contribution is 6.33. The molecule has 1 heterocycles. The van der Waals surface area contributed by atoms with Crippen LogP contribution >= 0.6 is 11.6 Å². The number of nitrogens with two attached hydrogens (primary N) is 1. The molecule has 0 aromatic carbocycles. The number of hydrogen-bond acceptors (Lipinski definition) is 5. The van der Waals surface area contributed by atoms with E-state index in [1.807, 2.05) is 0 Å². The van der Waals surface area contributed by atoms with E-state index in [0.717, 1.165) is 25.7 Å². The lowest BCUT2D eigenvalue weighted by atomic mass is 9.82. The number of anilines is 1. The number of nitrogens with one attached hydrogen (secondary N) is 1. The first-order chi connectivity index (χ1) is 9.00. The van der Waals surface area contributed by atoms with Gasteiger partial charge in [-0.05, 0) is 12.8 Å². The van der Waals surface area contributed by atoms with E-state index in [2.05, 4.69) is 10.3 Å². The van der Waals surface area contributed by atoms with E-state index < -0.39 is 4.92 Å². The van der Waals surface area contributed by atoms with E-state index in [1.54, 1.807) is 0 Å². The number of nitro groups is 1. The summed E-state index contributed by atoms with van der Waals surface area (Å²) in [6.07, 6.45) is 6.65. The second-order valence-corrected chi connectivity index (χ2v) is 5.46. The number of pyridine rings is 1. The van der Waals surface area contributed by atoms with Crippen molar-refractivity contribution in [1.29, 1.82) is 0 Å². The summed E-state index contributed by atoms with van der Waals surface area (Å²) in [6, 6.07) is 1.29. The predicted molar refractivity (Wildman–Crippen MR) is 74.4 cm³/mol. The van der Waals surface area contributed by atoms with Crippen LogP contribution < -0.4 is 11.1 Å². The smallest absolute Gasteiger partial charge is 0.289 e. The molecular formula is C12H17ClN4O2. The Morgan fingerprint density at radius 3 is 2.74 bits per heavy atom. The van der Waals surface area contributed by atoms with E-state index in [9.17, 15) is 10.1 Å². The molecule has 3 N–H and O–H groups in total. The second-order valence-electron chi connectivity index (χ2n) is 5.06. The van der Waals surface area contributed by atoms with Gasteiger partial charge < -0.3 is 11.1 Å². The van der Waals surface area contributed by atoms with E-state index >= 15 is 0 Å². The highest BCUT2D eigenvalue weighted by atomic mass is 35.5. The molecule has 0 aliphatic heterocycles. The Kier molecular flexibility index (Phi) is 4.21. The second kappa shape index (κ2) is 5.71. The van der Waals surface area contributed by atoms with Crippen LogP contribution in [0.4, 0.5) is 11.5 Å². The van der Waals surface area contributed by atoms with Crippen LogP contribution in [-0.2, 0) is 0 Å². The monoisotopic (exact) mass is 284 g/mol. The molecular weight excluding hydrogens is 268 g/mol. The molecule has 0 amide bonds. The van der Waals surface area contributed by atoms with Gasteiger partial charge in [0.05, 0.1) is 9.95 Å². The largest absolute Gasteiger partial charge is 0.367 e. The van der Waals surface area contributed by atoms with Crippen LogP contribution in [0.2, 0.25) is 5.02 Å². The van der Waals surface area contributed by atoms with E-state index in [4.69, 9.17) is 17.3 Å². The molecule has 1 fully saturated rings. The van der Waals surface area contributed by atoms with Gasteiger partial charge in [-0.15, -0.1) is 0 Å². The molecule has 19 heavy (non-hydrogen) atoms. The number of halogens is 1. The van der Waals surface area contributed by atoms with Crippen molar-refractivity contribution in [2.24, 2.45) is 5.73 Å². The number of aromatic nitrogens is 1. The van der Waals surface area contributed by atoms with Gasteiger partial charge in [-0.2, -0.15) is 0 Å². The summed E-state index contributed by atoms with van der Waals surface area (Å²) in [7, 11) is 0. The van der Waals surface area contributed by atoms with Crippen molar-refractivity contribution >= 4 is 23.1 Å². The molecule has 1 aliphatic rings. The summed E-state index contributed by atoms with van der Waals surface area (Å²) in [5.74, 6) is 0.447. The third kappa shape index (κ3) is 3.54. The fraction of sp³-hybridized carbons (Fsp3) is 0.583. The van der Waals surface area contributed by atoms with Crippen LogP contribution in [0.3, 0.4) is 0 Å². The lowest BCUT2D eigenvalue weighted by Crippen LogP contribution is -2.47. The molecule has 0 spiro atoms. The number of nitrogens with zero attached hydrogens (tertiary/aromatic N) is 2. The Balaban J connectivity index is 2.01. The van der Waals surface area contributed by atoms with Gasteiger partial charge in [0.15, 0.2) is 0 Å². The van der Waals surface area contributed by atoms with Crippen LogP contribution in [-0.4, -0.2) is 22.0 Å². The van der Waals surface area contributed by atoms with Gasteiger partial charge >= 0.3 is 0 Å². The van der Waals surface area contributed by atoms with Crippen LogP contribution in [0.5, 0.6) is 0 Å². The van der Waals surface area contributed by atoms with E-state index in [-0.39, 0.29) is 16.2 Å². The van der Waals surface area contributed by atoms with Gasteiger partial charge in [0.2, 0.25) is 0 Å². The summed E-state index contributed by atoms with van der Waals surface area (Å²) in [5.41, 5.74) is 5.95.